The minimum atomic E-state index is -3.80. The first kappa shape index (κ1) is 14.1. The van der Waals surface area contributed by atoms with Crippen LogP contribution in [-0.4, -0.2) is 15.2 Å². The number of rotatable bonds is 4. The lowest BCUT2D eigenvalue weighted by Gasteiger charge is -2.14. The Hall–Kier alpha value is -1.83. The summed E-state index contributed by atoms with van der Waals surface area (Å²) in [6.45, 7) is 0.0165. The van der Waals surface area contributed by atoms with Gasteiger partial charge in [-0.05, 0) is 12.0 Å². The van der Waals surface area contributed by atoms with Gasteiger partial charge in [0, 0.05) is 0 Å². The van der Waals surface area contributed by atoms with Crippen LogP contribution in [0, 0.1) is 0 Å². The van der Waals surface area contributed by atoms with E-state index in [-0.39, 0.29) is 11.0 Å². The first-order chi connectivity index (χ1) is 10.1. The quantitative estimate of drug-likeness (QED) is 0.937. The minimum Gasteiger partial charge on any atom is -0.455 e. The Kier molecular flexibility index (Phi) is 3.71. The van der Waals surface area contributed by atoms with Crippen molar-refractivity contribution in [3.8, 4) is 10.8 Å². The summed E-state index contributed by atoms with van der Waals surface area (Å²) in [6, 6.07) is 9.83. The molecular formula is C14H13NO4S2. The van der Waals surface area contributed by atoms with E-state index >= 15 is 0 Å². The monoisotopic (exact) mass is 323 g/mol. The van der Waals surface area contributed by atoms with E-state index in [1.54, 1.807) is 0 Å². The SMILES string of the molecule is NS(=O)(=O)c1sc2c(CC=Cc3ccccc3)c1OCO2. The van der Waals surface area contributed by atoms with Crippen LogP contribution in [0.15, 0.2) is 40.6 Å². The summed E-state index contributed by atoms with van der Waals surface area (Å²) >= 11 is 1.01. The Morgan fingerprint density at radius 3 is 2.71 bits per heavy atom. The number of benzene rings is 1. The number of thiophene rings is 1. The predicted molar refractivity (Wildman–Crippen MR) is 81.0 cm³/mol. The normalized spacial score (nSPS) is 14.0. The molecule has 1 aliphatic rings. The summed E-state index contributed by atoms with van der Waals surface area (Å²) in [5.74, 6) is 0.321. The van der Waals surface area contributed by atoms with E-state index in [1.807, 2.05) is 42.5 Å². The highest BCUT2D eigenvalue weighted by atomic mass is 32.2. The van der Waals surface area contributed by atoms with Gasteiger partial charge in [-0.3, -0.25) is 0 Å². The molecule has 0 saturated heterocycles. The lowest BCUT2D eigenvalue weighted by atomic mass is 10.1. The summed E-state index contributed by atoms with van der Waals surface area (Å²) in [5.41, 5.74) is 1.80. The van der Waals surface area contributed by atoms with Gasteiger partial charge in [0.15, 0.2) is 15.0 Å². The molecule has 3 rings (SSSR count). The van der Waals surface area contributed by atoms with E-state index in [9.17, 15) is 8.42 Å². The Labute approximate surface area is 126 Å². The zero-order valence-electron chi connectivity index (χ0n) is 11.0. The van der Waals surface area contributed by atoms with E-state index in [1.165, 1.54) is 0 Å². The molecule has 7 heteroatoms. The third-order valence-electron chi connectivity index (χ3n) is 2.97. The highest BCUT2D eigenvalue weighted by Gasteiger charge is 2.29. The van der Waals surface area contributed by atoms with Crippen molar-refractivity contribution in [2.24, 2.45) is 5.14 Å². The molecule has 0 fully saturated rings. The predicted octanol–water partition coefficient (Wildman–Crippen LogP) is 2.38. The van der Waals surface area contributed by atoms with Crippen molar-refractivity contribution in [2.45, 2.75) is 10.6 Å². The lowest BCUT2D eigenvalue weighted by molar-refractivity contribution is 0.107. The molecule has 0 aliphatic carbocycles. The lowest BCUT2D eigenvalue weighted by Crippen LogP contribution is -2.15. The molecule has 0 unspecified atom stereocenters. The largest absolute Gasteiger partial charge is 0.455 e. The van der Waals surface area contributed by atoms with E-state index in [4.69, 9.17) is 14.6 Å². The molecular weight excluding hydrogens is 310 g/mol. The van der Waals surface area contributed by atoms with Crippen molar-refractivity contribution in [2.75, 3.05) is 6.79 Å². The standard InChI is InChI=1S/C14H13NO4S2/c15-21(16,17)14-12-11(13(20-14)19-9-18-12)8-4-7-10-5-2-1-3-6-10/h1-7H,8-9H2,(H2,15,16,17). The Balaban J connectivity index is 1.87. The van der Waals surface area contributed by atoms with Gasteiger partial charge in [-0.15, -0.1) is 0 Å². The van der Waals surface area contributed by atoms with E-state index < -0.39 is 10.0 Å². The maximum Gasteiger partial charge on any atom is 0.251 e. The van der Waals surface area contributed by atoms with Gasteiger partial charge >= 0.3 is 0 Å². The summed E-state index contributed by atoms with van der Waals surface area (Å²) in [4.78, 5) is 0. The number of allylic oxidation sites excluding steroid dienone is 1. The van der Waals surface area contributed by atoms with Gasteiger partial charge in [0.1, 0.15) is 0 Å². The molecule has 2 bridgehead atoms. The third kappa shape index (κ3) is 2.94. The van der Waals surface area contributed by atoms with Crippen LogP contribution in [0.3, 0.4) is 0 Å². The Morgan fingerprint density at radius 1 is 1.24 bits per heavy atom. The number of fused-ring (bicyclic) bond motifs is 2. The van der Waals surface area contributed by atoms with Crippen molar-refractivity contribution in [3.05, 3.63) is 47.5 Å². The average Bonchev–Trinajstić information content (AvgIpc) is 2.66. The zero-order valence-corrected chi connectivity index (χ0v) is 12.6. The highest BCUT2D eigenvalue weighted by molar-refractivity contribution is 7.91. The van der Waals surface area contributed by atoms with Crippen molar-refractivity contribution < 1.29 is 17.9 Å². The first-order valence-electron chi connectivity index (χ1n) is 6.21. The number of nitrogens with two attached hydrogens (primary N) is 1. The van der Waals surface area contributed by atoms with Crippen LogP contribution in [0.1, 0.15) is 11.1 Å². The Morgan fingerprint density at radius 2 is 2.00 bits per heavy atom. The van der Waals surface area contributed by atoms with Crippen LogP contribution in [0.2, 0.25) is 0 Å². The molecule has 110 valence electrons. The van der Waals surface area contributed by atoms with Crippen molar-refractivity contribution in [1.82, 2.24) is 0 Å². The van der Waals surface area contributed by atoms with Crippen LogP contribution in [0.5, 0.6) is 10.8 Å². The molecule has 5 nitrogen and oxygen atoms in total. The van der Waals surface area contributed by atoms with Crippen LogP contribution in [-0.2, 0) is 16.4 Å². The van der Waals surface area contributed by atoms with Gasteiger partial charge in [0.05, 0.1) is 5.56 Å². The molecule has 2 heterocycles. The maximum atomic E-state index is 11.5. The summed E-state index contributed by atoms with van der Waals surface area (Å²) in [7, 11) is -3.80. The fourth-order valence-corrected chi connectivity index (χ4v) is 4.03. The number of primary sulfonamides is 1. The number of sulfonamides is 1. The minimum absolute atomic E-state index is 0.0165. The molecule has 1 aromatic carbocycles. The molecule has 2 aromatic rings. The molecule has 1 aromatic heterocycles. The summed E-state index contributed by atoms with van der Waals surface area (Å²) in [6.07, 6.45) is 4.42. The average molecular weight is 323 g/mol. The van der Waals surface area contributed by atoms with Crippen LogP contribution < -0.4 is 14.6 Å². The molecule has 0 saturated carbocycles. The van der Waals surface area contributed by atoms with Gasteiger partial charge in [-0.25, -0.2) is 13.6 Å². The van der Waals surface area contributed by atoms with E-state index in [2.05, 4.69) is 0 Å². The molecule has 0 radical (unpaired) electrons. The first-order valence-corrected chi connectivity index (χ1v) is 8.57. The van der Waals surface area contributed by atoms with Gasteiger partial charge in [0.25, 0.3) is 10.0 Å². The molecule has 0 amide bonds. The summed E-state index contributed by atoms with van der Waals surface area (Å²) < 4.78 is 33.7. The van der Waals surface area contributed by atoms with Gasteiger partial charge in [0.2, 0.25) is 6.79 Å². The van der Waals surface area contributed by atoms with Crippen molar-refractivity contribution in [3.63, 3.8) is 0 Å². The Bertz CT molecular complexity index is 779. The number of hydrogen-bond acceptors (Lipinski definition) is 5. The molecule has 2 N–H and O–H groups in total. The maximum absolute atomic E-state index is 11.5. The molecule has 0 spiro atoms. The fraction of sp³-hybridized carbons (Fsp3) is 0.143. The van der Waals surface area contributed by atoms with E-state index in [0.29, 0.717) is 17.2 Å². The summed E-state index contributed by atoms with van der Waals surface area (Å²) in [5, 5.41) is 5.75. The number of ether oxygens (including phenoxy) is 2. The smallest absolute Gasteiger partial charge is 0.251 e. The second-order valence-corrected chi connectivity index (χ2v) is 7.19. The molecule has 21 heavy (non-hydrogen) atoms. The van der Waals surface area contributed by atoms with Crippen LogP contribution in [0.25, 0.3) is 6.08 Å². The molecule has 1 aliphatic heterocycles. The van der Waals surface area contributed by atoms with Gasteiger partial charge in [-0.1, -0.05) is 53.8 Å². The topological polar surface area (TPSA) is 78.6 Å². The third-order valence-corrected chi connectivity index (χ3v) is 5.54. The van der Waals surface area contributed by atoms with Gasteiger partial charge < -0.3 is 9.47 Å². The van der Waals surface area contributed by atoms with Crippen molar-refractivity contribution in [1.29, 1.82) is 0 Å². The fourth-order valence-electron chi connectivity index (χ4n) is 2.05. The van der Waals surface area contributed by atoms with Gasteiger partial charge in [-0.2, -0.15) is 0 Å². The van der Waals surface area contributed by atoms with Crippen LogP contribution >= 0.6 is 11.3 Å². The second kappa shape index (κ2) is 5.51. The molecule has 0 atom stereocenters. The highest BCUT2D eigenvalue weighted by Crippen LogP contribution is 2.46. The zero-order chi connectivity index (χ0) is 14.9. The number of hydrogen-bond donors (Lipinski definition) is 1. The van der Waals surface area contributed by atoms with Crippen LogP contribution in [0.4, 0.5) is 0 Å². The van der Waals surface area contributed by atoms with Crippen molar-refractivity contribution >= 4 is 27.4 Å². The van der Waals surface area contributed by atoms with E-state index in [0.717, 1.165) is 22.5 Å². The second-order valence-electron chi connectivity index (χ2n) is 4.45.